The second kappa shape index (κ2) is 5.14. The maximum atomic E-state index is 12.5. The van der Waals surface area contributed by atoms with Gasteiger partial charge in [-0.1, -0.05) is 17.7 Å². The molecule has 2 aliphatic rings. The summed E-state index contributed by atoms with van der Waals surface area (Å²) in [6.07, 6.45) is 4.37. The average Bonchev–Trinajstić information content (AvgIpc) is 3.17. The second-order valence-electron chi connectivity index (χ2n) is 5.58. The third-order valence-electron chi connectivity index (χ3n) is 3.85. The van der Waals surface area contributed by atoms with E-state index in [2.05, 4.69) is 5.32 Å². The van der Waals surface area contributed by atoms with Crippen molar-refractivity contribution in [3.63, 3.8) is 0 Å². The molecule has 1 amide bonds. The van der Waals surface area contributed by atoms with Crippen molar-refractivity contribution in [3.05, 3.63) is 28.8 Å². The van der Waals surface area contributed by atoms with Gasteiger partial charge in [-0.05, 0) is 50.3 Å². The summed E-state index contributed by atoms with van der Waals surface area (Å²) >= 11 is 6.28. The summed E-state index contributed by atoms with van der Waals surface area (Å²) < 4.78 is 0. The SMILES string of the molecule is Cc1ccc(N2CCCC(NC3CC3)C2=O)c(Cl)c1. The Kier molecular flexibility index (Phi) is 3.50. The van der Waals surface area contributed by atoms with Crippen LogP contribution in [0.2, 0.25) is 5.02 Å². The molecule has 0 bridgehead atoms. The van der Waals surface area contributed by atoms with Gasteiger partial charge in [0.2, 0.25) is 5.91 Å². The monoisotopic (exact) mass is 278 g/mol. The Bertz CT molecular complexity index is 499. The minimum Gasteiger partial charge on any atom is -0.310 e. The summed E-state index contributed by atoms with van der Waals surface area (Å²) in [4.78, 5) is 14.4. The van der Waals surface area contributed by atoms with E-state index in [0.717, 1.165) is 30.6 Å². The summed E-state index contributed by atoms with van der Waals surface area (Å²) in [5.41, 5.74) is 1.96. The fourth-order valence-electron chi connectivity index (χ4n) is 2.63. The number of anilines is 1. The number of aryl methyl sites for hydroxylation is 1. The molecule has 1 aromatic carbocycles. The second-order valence-corrected chi connectivity index (χ2v) is 5.99. The van der Waals surface area contributed by atoms with Crippen molar-refractivity contribution in [2.45, 2.75) is 44.7 Å². The first-order valence-corrected chi connectivity index (χ1v) is 7.36. The number of carbonyl (C=O) groups excluding carboxylic acids is 1. The third kappa shape index (κ3) is 2.77. The highest BCUT2D eigenvalue weighted by Crippen LogP contribution is 2.30. The molecule has 19 heavy (non-hydrogen) atoms. The van der Waals surface area contributed by atoms with Crippen LogP contribution in [0.25, 0.3) is 0 Å². The Labute approximate surface area is 118 Å². The van der Waals surface area contributed by atoms with E-state index in [-0.39, 0.29) is 11.9 Å². The third-order valence-corrected chi connectivity index (χ3v) is 4.15. The Hall–Kier alpha value is -1.06. The minimum atomic E-state index is -0.0291. The maximum absolute atomic E-state index is 12.5. The molecule has 1 aromatic rings. The van der Waals surface area contributed by atoms with Gasteiger partial charge >= 0.3 is 0 Å². The van der Waals surface area contributed by atoms with Crippen LogP contribution in [-0.4, -0.2) is 24.5 Å². The van der Waals surface area contributed by atoms with Crippen LogP contribution in [-0.2, 0) is 4.79 Å². The molecule has 0 aromatic heterocycles. The highest BCUT2D eigenvalue weighted by atomic mass is 35.5. The summed E-state index contributed by atoms with van der Waals surface area (Å²) in [6, 6.07) is 6.41. The molecule has 1 saturated heterocycles. The fraction of sp³-hybridized carbons (Fsp3) is 0.533. The van der Waals surface area contributed by atoms with Gasteiger partial charge in [0.25, 0.3) is 0 Å². The first kappa shape index (κ1) is 12.9. The standard InChI is InChI=1S/C15H19ClN2O/c1-10-4-7-14(12(16)9-10)18-8-2-3-13(15(18)19)17-11-5-6-11/h4,7,9,11,13,17H,2-3,5-6,8H2,1H3. The van der Waals surface area contributed by atoms with Crippen molar-refractivity contribution >= 4 is 23.2 Å². The zero-order valence-corrected chi connectivity index (χ0v) is 11.9. The number of benzene rings is 1. The van der Waals surface area contributed by atoms with Gasteiger partial charge in [0, 0.05) is 12.6 Å². The minimum absolute atomic E-state index is 0.0291. The fourth-order valence-corrected chi connectivity index (χ4v) is 2.97. The lowest BCUT2D eigenvalue weighted by atomic mass is 10.0. The molecule has 1 unspecified atom stereocenters. The lowest BCUT2D eigenvalue weighted by molar-refractivity contribution is -0.121. The molecule has 102 valence electrons. The van der Waals surface area contributed by atoms with Crippen LogP contribution in [0.4, 0.5) is 5.69 Å². The van der Waals surface area contributed by atoms with Crippen molar-refractivity contribution in [2.24, 2.45) is 0 Å². The Morgan fingerprint density at radius 1 is 1.32 bits per heavy atom. The van der Waals surface area contributed by atoms with Crippen molar-refractivity contribution < 1.29 is 4.79 Å². The van der Waals surface area contributed by atoms with E-state index in [1.807, 2.05) is 30.0 Å². The summed E-state index contributed by atoms with van der Waals surface area (Å²) in [6.45, 7) is 2.77. The van der Waals surface area contributed by atoms with Crippen LogP contribution in [0.15, 0.2) is 18.2 Å². The molecule has 1 heterocycles. The van der Waals surface area contributed by atoms with Gasteiger partial charge in [-0.25, -0.2) is 0 Å². The molecular formula is C15H19ClN2O. The van der Waals surface area contributed by atoms with Crippen LogP contribution in [0.5, 0.6) is 0 Å². The van der Waals surface area contributed by atoms with E-state index in [4.69, 9.17) is 11.6 Å². The number of rotatable bonds is 3. The number of carbonyl (C=O) groups is 1. The summed E-state index contributed by atoms with van der Waals surface area (Å²) in [5.74, 6) is 0.170. The molecule has 3 nitrogen and oxygen atoms in total. The van der Waals surface area contributed by atoms with Crippen LogP contribution in [0, 0.1) is 6.92 Å². The quantitative estimate of drug-likeness (QED) is 0.922. The first-order valence-electron chi connectivity index (χ1n) is 6.99. The van der Waals surface area contributed by atoms with Crippen molar-refractivity contribution in [2.75, 3.05) is 11.4 Å². The van der Waals surface area contributed by atoms with Crippen LogP contribution >= 0.6 is 11.6 Å². The molecule has 1 aliphatic heterocycles. The van der Waals surface area contributed by atoms with E-state index in [1.54, 1.807) is 0 Å². The number of piperidine rings is 1. The Morgan fingerprint density at radius 2 is 2.11 bits per heavy atom. The van der Waals surface area contributed by atoms with Gasteiger partial charge in [-0.3, -0.25) is 4.79 Å². The zero-order chi connectivity index (χ0) is 13.4. The highest BCUT2D eigenvalue weighted by molar-refractivity contribution is 6.34. The van der Waals surface area contributed by atoms with E-state index in [1.165, 1.54) is 12.8 Å². The van der Waals surface area contributed by atoms with Gasteiger partial charge in [0.1, 0.15) is 0 Å². The van der Waals surface area contributed by atoms with Crippen LogP contribution in [0.1, 0.15) is 31.2 Å². The summed E-state index contributed by atoms with van der Waals surface area (Å²) in [7, 11) is 0. The molecule has 0 radical (unpaired) electrons. The van der Waals surface area contributed by atoms with E-state index < -0.39 is 0 Å². The zero-order valence-electron chi connectivity index (χ0n) is 11.2. The average molecular weight is 279 g/mol. The molecule has 4 heteroatoms. The van der Waals surface area contributed by atoms with Gasteiger partial charge in [-0.15, -0.1) is 0 Å². The Balaban J connectivity index is 1.80. The topological polar surface area (TPSA) is 32.3 Å². The normalized spacial score (nSPS) is 23.8. The Morgan fingerprint density at radius 3 is 2.79 bits per heavy atom. The van der Waals surface area contributed by atoms with Gasteiger partial charge in [0.15, 0.2) is 0 Å². The number of nitrogens with zero attached hydrogens (tertiary/aromatic N) is 1. The number of hydrogen-bond acceptors (Lipinski definition) is 2. The summed E-state index contributed by atoms with van der Waals surface area (Å²) in [5, 5.41) is 4.11. The van der Waals surface area contributed by atoms with Crippen molar-refractivity contribution in [1.82, 2.24) is 5.32 Å². The maximum Gasteiger partial charge on any atom is 0.244 e. The highest BCUT2D eigenvalue weighted by Gasteiger charge is 2.34. The number of nitrogens with one attached hydrogen (secondary N) is 1. The predicted octanol–water partition coefficient (Wildman–Crippen LogP) is 2.90. The van der Waals surface area contributed by atoms with Gasteiger partial charge < -0.3 is 10.2 Å². The van der Waals surface area contributed by atoms with Gasteiger partial charge in [-0.2, -0.15) is 0 Å². The molecule has 3 rings (SSSR count). The number of hydrogen-bond donors (Lipinski definition) is 1. The molecule has 0 spiro atoms. The molecule has 1 atom stereocenters. The van der Waals surface area contributed by atoms with E-state index in [9.17, 15) is 4.79 Å². The van der Waals surface area contributed by atoms with E-state index >= 15 is 0 Å². The van der Waals surface area contributed by atoms with Crippen LogP contribution < -0.4 is 10.2 Å². The lowest BCUT2D eigenvalue weighted by Crippen LogP contribution is -2.51. The molecule has 2 fully saturated rings. The smallest absolute Gasteiger partial charge is 0.244 e. The van der Waals surface area contributed by atoms with Gasteiger partial charge in [0.05, 0.1) is 16.8 Å². The molecule has 1 N–H and O–H groups in total. The number of amides is 1. The molecule has 1 aliphatic carbocycles. The predicted molar refractivity (Wildman–Crippen MR) is 77.7 cm³/mol. The molecular weight excluding hydrogens is 260 g/mol. The van der Waals surface area contributed by atoms with Crippen LogP contribution in [0.3, 0.4) is 0 Å². The first-order chi connectivity index (χ1) is 9.15. The number of halogens is 1. The van der Waals surface area contributed by atoms with Crippen molar-refractivity contribution in [1.29, 1.82) is 0 Å². The molecule has 1 saturated carbocycles. The van der Waals surface area contributed by atoms with Crippen molar-refractivity contribution in [3.8, 4) is 0 Å². The largest absolute Gasteiger partial charge is 0.310 e. The van der Waals surface area contributed by atoms with E-state index in [0.29, 0.717) is 11.1 Å². The lowest BCUT2D eigenvalue weighted by Gasteiger charge is -2.33.